The fraction of sp³-hybridized carbons (Fsp3) is 0.238. The Bertz CT molecular complexity index is 882. The number of hydrogen-bond donors (Lipinski definition) is 2. The lowest BCUT2D eigenvalue weighted by atomic mass is 10.1. The van der Waals surface area contributed by atoms with Crippen molar-refractivity contribution in [2.24, 2.45) is 0 Å². The molecule has 0 aliphatic rings. The molecule has 0 saturated heterocycles. The van der Waals surface area contributed by atoms with E-state index in [1.807, 2.05) is 49.4 Å². The summed E-state index contributed by atoms with van der Waals surface area (Å²) in [6, 6.07) is 17.7. The maximum Gasteiger partial charge on any atom is 0.142 e. The molecule has 0 spiro atoms. The average Bonchev–Trinajstić information content (AvgIpc) is 2.68. The van der Waals surface area contributed by atoms with Crippen LogP contribution in [-0.4, -0.2) is 30.7 Å². The fourth-order valence-electron chi connectivity index (χ4n) is 2.74. The molecule has 0 saturated carbocycles. The summed E-state index contributed by atoms with van der Waals surface area (Å²) >= 11 is 0. The Morgan fingerprint density at radius 1 is 0.889 bits per heavy atom. The Hall–Kier alpha value is -3.28. The highest BCUT2D eigenvalue weighted by Crippen LogP contribution is 2.26. The van der Waals surface area contributed by atoms with Gasteiger partial charge in [-0.15, -0.1) is 0 Å². The first-order valence-corrected chi connectivity index (χ1v) is 8.80. The lowest BCUT2D eigenvalue weighted by Gasteiger charge is -2.12. The molecule has 0 radical (unpaired) electrons. The number of aryl methyl sites for hydroxylation is 1. The van der Waals surface area contributed by atoms with E-state index in [0.29, 0.717) is 5.82 Å². The van der Waals surface area contributed by atoms with Crippen LogP contribution in [-0.2, 0) is 6.42 Å². The van der Waals surface area contributed by atoms with Crippen molar-refractivity contribution in [2.75, 3.05) is 31.4 Å². The molecule has 1 aromatic heterocycles. The number of aromatic nitrogens is 2. The number of anilines is 3. The molecule has 6 nitrogen and oxygen atoms in total. The maximum absolute atomic E-state index is 5.38. The molecule has 2 aromatic carbocycles. The number of methoxy groups -OCH3 is 2. The second-order valence-corrected chi connectivity index (χ2v) is 6.04. The molecular weight excluding hydrogens is 340 g/mol. The van der Waals surface area contributed by atoms with Crippen molar-refractivity contribution in [1.82, 2.24) is 9.97 Å². The van der Waals surface area contributed by atoms with E-state index < -0.39 is 0 Å². The van der Waals surface area contributed by atoms with Crippen LogP contribution >= 0.6 is 0 Å². The van der Waals surface area contributed by atoms with Gasteiger partial charge in [-0.05, 0) is 43.2 Å². The van der Waals surface area contributed by atoms with Gasteiger partial charge >= 0.3 is 0 Å². The van der Waals surface area contributed by atoms with Gasteiger partial charge in [0.15, 0.2) is 0 Å². The normalized spacial score (nSPS) is 10.3. The Kier molecular flexibility index (Phi) is 6.10. The number of nitrogens with zero attached hydrogens (tertiary/aromatic N) is 2. The Balaban J connectivity index is 1.64. The summed E-state index contributed by atoms with van der Waals surface area (Å²) in [4.78, 5) is 8.92. The summed E-state index contributed by atoms with van der Waals surface area (Å²) in [7, 11) is 3.32. The second-order valence-electron chi connectivity index (χ2n) is 6.04. The van der Waals surface area contributed by atoms with Crippen LogP contribution in [0.5, 0.6) is 11.5 Å². The van der Waals surface area contributed by atoms with Gasteiger partial charge in [0.25, 0.3) is 0 Å². The Labute approximate surface area is 159 Å². The van der Waals surface area contributed by atoms with Crippen molar-refractivity contribution < 1.29 is 9.47 Å². The van der Waals surface area contributed by atoms with Crippen LogP contribution in [0.4, 0.5) is 17.3 Å². The maximum atomic E-state index is 5.38. The molecule has 0 bridgehead atoms. The monoisotopic (exact) mass is 364 g/mol. The first-order chi connectivity index (χ1) is 13.2. The van der Waals surface area contributed by atoms with Crippen LogP contribution < -0.4 is 20.1 Å². The standard InChI is InChI=1S/C21H24N4O2/c1-15-23-20(22-13-12-16-8-10-17(26-2)11-9-16)14-21(24-15)25-18-6-4-5-7-19(18)27-3/h4-11,14H,12-13H2,1-3H3,(H2,22,23,24,25). The summed E-state index contributed by atoms with van der Waals surface area (Å²) in [5.74, 6) is 3.84. The van der Waals surface area contributed by atoms with Crippen LogP contribution in [0.3, 0.4) is 0 Å². The topological polar surface area (TPSA) is 68.3 Å². The molecule has 140 valence electrons. The zero-order valence-corrected chi connectivity index (χ0v) is 15.8. The molecule has 3 rings (SSSR count). The summed E-state index contributed by atoms with van der Waals surface area (Å²) < 4.78 is 10.6. The number of ether oxygens (including phenoxy) is 2. The minimum atomic E-state index is 0.696. The minimum absolute atomic E-state index is 0.696. The van der Waals surface area contributed by atoms with E-state index in [-0.39, 0.29) is 0 Å². The highest BCUT2D eigenvalue weighted by Gasteiger charge is 2.06. The molecule has 6 heteroatoms. The zero-order chi connectivity index (χ0) is 19.1. The molecule has 0 aliphatic carbocycles. The third-order valence-corrected chi connectivity index (χ3v) is 4.09. The smallest absolute Gasteiger partial charge is 0.142 e. The molecule has 1 heterocycles. The fourth-order valence-corrected chi connectivity index (χ4v) is 2.74. The van der Waals surface area contributed by atoms with Crippen LogP contribution in [0.15, 0.2) is 54.6 Å². The number of benzene rings is 2. The van der Waals surface area contributed by atoms with Crippen LogP contribution in [0, 0.1) is 6.92 Å². The van der Waals surface area contributed by atoms with Crippen LogP contribution in [0.2, 0.25) is 0 Å². The third-order valence-electron chi connectivity index (χ3n) is 4.09. The number of hydrogen-bond acceptors (Lipinski definition) is 6. The molecule has 0 amide bonds. The predicted octanol–water partition coefficient (Wildman–Crippen LogP) is 4.20. The first kappa shape index (κ1) is 18.5. The van der Waals surface area contributed by atoms with Crippen LogP contribution in [0.25, 0.3) is 0 Å². The number of para-hydroxylation sites is 2. The van der Waals surface area contributed by atoms with Gasteiger partial charge in [-0.3, -0.25) is 0 Å². The third kappa shape index (κ3) is 5.10. The van der Waals surface area contributed by atoms with E-state index in [4.69, 9.17) is 9.47 Å². The highest BCUT2D eigenvalue weighted by molar-refractivity contribution is 5.65. The van der Waals surface area contributed by atoms with Gasteiger partial charge in [0, 0.05) is 12.6 Å². The predicted molar refractivity (Wildman–Crippen MR) is 108 cm³/mol. The molecule has 0 atom stereocenters. The average molecular weight is 364 g/mol. The quantitative estimate of drug-likeness (QED) is 0.624. The van der Waals surface area contributed by atoms with E-state index in [1.54, 1.807) is 14.2 Å². The highest BCUT2D eigenvalue weighted by atomic mass is 16.5. The van der Waals surface area contributed by atoms with E-state index in [9.17, 15) is 0 Å². The largest absolute Gasteiger partial charge is 0.497 e. The van der Waals surface area contributed by atoms with Crippen molar-refractivity contribution in [1.29, 1.82) is 0 Å². The van der Waals surface area contributed by atoms with Crippen molar-refractivity contribution in [3.05, 3.63) is 66.0 Å². The lowest BCUT2D eigenvalue weighted by molar-refractivity contribution is 0.414. The van der Waals surface area contributed by atoms with Gasteiger partial charge < -0.3 is 20.1 Å². The minimum Gasteiger partial charge on any atom is -0.497 e. The molecule has 0 aliphatic heterocycles. The molecular formula is C21H24N4O2. The van der Waals surface area contributed by atoms with Crippen LogP contribution in [0.1, 0.15) is 11.4 Å². The van der Waals surface area contributed by atoms with Gasteiger partial charge in [-0.25, -0.2) is 9.97 Å². The van der Waals surface area contributed by atoms with Gasteiger partial charge in [0.1, 0.15) is 29.0 Å². The van der Waals surface area contributed by atoms with E-state index in [1.165, 1.54) is 5.56 Å². The lowest BCUT2D eigenvalue weighted by Crippen LogP contribution is -2.08. The van der Waals surface area contributed by atoms with E-state index in [2.05, 4.69) is 32.7 Å². The Morgan fingerprint density at radius 3 is 2.37 bits per heavy atom. The van der Waals surface area contributed by atoms with Gasteiger partial charge in [-0.1, -0.05) is 24.3 Å². The van der Waals surface area contributed by atoms with Gasteiger partial charge in [0.05, 0.1) is 19.9 Å². The molecule has 3 aromatic rings. The number of rotatable bonds is 8. The van der Waals surface area contributed by atoms with Gasteiger partial charge in [-0.2, -0.15) is 0 Å². The summed E-state index contributed by atoms with van der Waals surface area (Å²) in [6.07, 6.45) is 0.891. The second kappa shape index (κ2) is 8.89. The zero-order valence-electron chi connectivity index (χ0n) is 15.8. The summed E-state index contributed by atoms with van der Waals surface area (Å²) in [6.45, 7) is 2.65. The van der Waals surface area contributed by atoms with Crippen molar-refractivity contribution >= 4 is 17.3 Å². The van der Waals surface area contributed by atoms with Crippen molar-refractivity contribution in [2.45, 2.75) is 13.3 Å². The van der Waals surface area contributed by atoms with Crippen molar-refractivity contribution in [3.63, 3.8) is 0 Å². The molecule has 0 fully saturated rings. The van der Waals surface area contributed by atoms with E-state index >= 15 is 0 Å². The van der Waals surface area contributed by atoms with E-state index in [0.717, 1.165) is 41.8 Å². The first-order valence-electron chi connectivity index (χ1n) is 8.80. The SMILES string of the molecule is COc1ccc(CCNc2cc(Nc3ccccc3OC)nc(C)n2)cc1. The summed E-state index contributed by atoms with van der Waals surface area (Å²) in [5.41, 5.74) is 2.10. The van der Waals surface area contributed by atoms with Crippen molar-refractivity contribution in [3.8, 4) is 11.5 Å². The number of nitrogens with one attached hydrogen (secondary N) is 2. The Morgan fingerprint density at radius 2 is 1.63 bits per heavy atom. The molecule has 27 heavy (non-hydrogen) atoms. The summed E-state index contributed by atoms with van der Waals surface area (Å²) in [5, 5.41) is 6.66. The van der Waals surface area contributed by atoms with Gasteiger partial charge in [0.2, 0.25) is 0 Å². The molecule has 0 unspecified atom stereocenters. The molecule has 2 N–H and O–H groups in total.